The number of benzene rings is 3. The van der Waals surface area contributed by atoms with Crippen molar-refractivity contribution in [2.24, 2.45) is 0 Å². The van der Waals surface area contributed by atoms with E-state index in [2.05, 4.69) is 18.2 Å². The van der Waals surface area contributed by atoms with Gasteiger partial charge in [0.05, 0.1) is 40.6 Å². The molecule has 0 spiro atoms. The molecule has 0 radical (unpaired) electrons. The van der Waals surface area contributed by atoms with Crippen molar-refractivity contribution >= 4 is 0 Å². The first-order valence-corrected chi connectivity index (χ1v) is 9.26. The van der Waals surface area contributed by atoms with Crippen molar-refractivity contribution in [2.45, 2.75) is 26.4 Å². The van der Waals surface area contributed by atoms with Gasteiger partial charge in [-0.25, -0.2) is 0 Å². The fourth-order valence-corrected chi connectivity index (χ4v) is 2.91. The summed E-state index contributed by atoms with van der Waals surface area (Å²) in [5, 5.41) is 0. The maximum Gasteiger partial charge on any atom is 0.119 e. The van der Waals surface area contributed by atoms with Gasteiger partial charge in [0, 0.05) is 0 Å². The fourth-order valence-electron chi connectivity index (χ4n) is 2.91. The average Bonchev–Trinajstić information content (AvgIpc) is 2.74. The highest BCUT2D eigenvalue weighted by Gasteiger charge is 2.01. The lowest BCUT2D eigenvalue weighted by atomic mass is 10.1. The Morgan fingerprint density at radius 3 is 1.25 bits per heavy atom. The molecule has 0 aliphatic heterocycles. The lowest BCUT2D eigenvalue weighted by molar-refractivity contribution is 0.103. The minimum atomic E-state index is 0.549. The smallest absolute Gasteiger partial charge is 0.119 e. The molecule has 4 nitrogen and oxygen atoms in total. The Morgan fingerprint density at radius 1 is 0.500 bits per heavy atom. The van der Waals surface area contributed by atoms with E-state index in [1.807, 2.05) is 54.6 Å². The Labute approximate surface area is 166 Å². The monoisotopic (exact) mass is 378 g/mol. The summed E-state index contributed by atoms with van der Waals surface area (Å²) in [6.45, 7) is 2.21. The summed E-state index contributed by atoms with van der Waals surface area (Å²) in [5.41, 5.74) is 4.45. The second-order valence-corrected chi connectivity index (χ2v) is 6.51. The van der Waals surface area contributed by atoms with Gasteiger partial charge in [-0.15, -0.1) is 0 Å². The van der Waals surface area contributed by atoms with E-state index in [1.165, 1.54) is 0 Å². The van der Waals surface area contributed by atoms with Crippen molar-refractivity contribution < 1.29 is 18.9 Å². The van der Waals surface area contributed by atoms with Crippen molar-refractivity contribution in [2.75, 3.05) is 14.2 Å². The minimum absolute atomic E-state index is 0.549. The van der Waals surface area contributed by atoms with Gasteiger partial charge in [0.1, 0.15) is 11.5 Å². The maximum absolute atomic E-state index is 5.85. The molecule has 0 aromatic heterocycles. The lowest BCUT2D eigenvalue weighted by Crippen LogP contribution is -1.98. The van der Waals surface area contributed by atoms with Gasteiger partial charge in [0.15, 0.2) is 0 Å². The van der Waals surface area contributed by atoms with Crippen LogP contribution in [0.1, 0.15) is 22.3 Å². The van der Waals surface area contributed by atoms with Gasteiger partial charge in [-0.3, -0.25) is 0 Å². The summed E-state index contributed by atoms with van der Waals surface area (Å²) in [6.07, 6.45) is 0. The van der Waals surface area contributed by atoms with Gasteiger partial charge in [-0.1, -0.05) is 48.5 Å². The summed E-state index contributed by atoms with van der Waals surface area (Å²) in [7, 11) is 3.34. The molecular weight excluding hydrogens is 352 g/mol. The molecular formula is C24H26O4. The van der Waals surface area contributed by atoms with E-state index >= 15 is 0 Å². The first-order valence-electron chi connectivity index (χ1n) is 9.26. The van der Waals surface area contributed by atoms with Crippen LogP contribution >= 0.6 is 0 Å². The summed E-state index contributed by atoms with van der Waals surface area (Å²) in [6, 6.07) is 24.1. The third-order valence-electron chi connectivity index (χ3n) is 4.33. The van der Waals surface area contributed by atoms with Gasteiger partial charge in [0.2, 0.25) is 0 Å². The average molecular weight is 378 g/mol. The van der Waals surface area contributed by atoms with Crippen LogP contribution in [0.25, 0.3) is 0 Å². The zero-order valence-corrected chi connectivity index (χ0v) is 16.4. The van der Waals surface area contributed by atoms with Crippen LogP contribution in [0.15, 0.2) is 72.8 Å². The molecule has 0 N–H and O–H groups in total. The molecule has 4 heteroatoms. The van der Waals surface area contributed by atoms with Crippen molar-refractivity contribution in [1.82, 2.24) is 0 Å². The van der Waals surface area contributed by atoms with Crippen LogP contribution in [-0.2, 0) is 35.9 Å². The number of hydrogen-bond donors (Lipinski definition) is 0. The van der Waals surface area contributed by atoms with Gasteiger partial charge < -0.3 is 18.9 Å². The number of hydrogen-bond acceptors (Lipinski definition) is 4. The molecule has 0 amide bonds. The molecule has 3 aromatic rings. The predicted molar refractivity (Wildman–Crippen MR) is 109 cm³/mol. The number of ether oxygens (including phenoxy) is 4. The van der Waals surface area contributed by atoms with E-state index in [0.717, 1.165) is 33.8 Å². The van der Waals surface area contributed by atoms with Gasteiger partial charge in [-0.05, 0) is 46.5 Å². The van der Waals surface area contributed by atoms with Crippen LogP contribution in [0.2, 0.25) is 0 Å². The van der Waals surface area contributed by atoms with E-state index in [4.69, 9.17) is 18.9 Å². The topological polar surface area (TPSA) is 36.9 Å². The molecule has 0 unspecified atom stereocenters. The van der Waals surface area contributed by atoms with Crippen LogP contribution in [-0.4, -0.2) is 14.2 Å². The van der Waals surface area contributed by atoms with Crippen molar-refractivity contribution in [3.63, 3.8) is 0 Å². The minimum Gasteiger partial charge on any atom is -0.497 e. The predicted octanol–water partition coefficient (Wildman–Crippen LogP) is 5.14. The molecule has 0 saturated carbocycles. The standard InChI is InChI=1S/C24H26O4/c1-25-23-10-4-8-21(13-23)17-27-15-19-6-3-7-20(12-19)16-28-18-22-9-5-11-24(14-22)26-2/h3-14H,15-18H2,1-2H3. The first-order chi connectivity index (χ1) is 13.8. The second-order valence-electron chi connectivity index (χ2n) is 6.51. The SMILES string of the molecule is COc1cccc(COCc2cccc(COCc3cccc(OC)c3)c2)c1. The summed E-state index contributed by atoms with van der Waals surface area (Å²) < 4.78 is 22.2. The highest BCUT2D eigenvalue weighted by Crippen LogP contribution is 2.16. The van der Waals surface area contributed by atoms with Crippen LogP contribution in [0.5, 0.6) is 11.5 Å². The van der Waals surface area contributed by atoms with Crippen LogP contribution in [0, 0.1) is 0 Å². The van der Waals surface area contributed by atoms with E-state index in [0.29, 0.717) is 26.4 Å². The molecule has 0 aliphatic rings. The summed E-state index contributed by atoms with van der Waals surface area (Å²) >= 11 is 0. The van der Waals surface area contributed by atoms with E-state index in [9.17, 15) is 0 Å². The largest absolute Gasteiger partial charge is 0.497 e. The third-order valence-corrected chi connectivity index (χ3v) is 4.33. The zero-order valence-electron chi connectivity index (χ0n) is 16.4. The van der Waals surface area contributed by atoms with Crippen LogP contribution in [0.3, 0.4) is 0 Å². The molecule has 0 bridgehead atoms. The molecule has 0 aliphatic carbocycles. The Morgan fingerprint density at radius 2 is 0.857 bits per heavy atom. The number of methoxy groups -OCH3 is 2. The van der Waals surface area contributed by atoms with E-state index in [-0.39, 0.29) is 0 Å². The normalized spacial score (nSPS) is 10.6. The van der Waals surface area contributed by atoms with Gasteiger partial charge in [-0.2, -0.15) is 0 Å². The Hall–Kier alpha value is -2.82. The van der Waals surface area contributed by atoms with Crippen molar-refractivity contribution in [1.29, 1.82) is 0 Å². The summed E-state index contributed by atoms with van der Waals surface area (Å²) in [4.78, 5) is 0. The molecule has 0 heterocycles. The van der Waals surface area contributed by atoms with Crippen molar-refractivity contribution in [3.05, 3.63) is 95.1 Å². The maximum atomic E-state index is 5.85. The Balaban J connectivity index is 1.46. The summed E-state index contributed by atoms with van der Waals surface area (Å²) in [5.74, 6) is 1.69. The zero-order chi connectivity index (χ0) is 19.6. The molecule has 0 fully saturated rings. The Bertz CT molecular complexity index is 807. The molecule has 0 atom stereocenters. The van der Waals surface area contributed by atoms with Crippen LogP contribution in [0.4, 0.5) is 0 Å². The molecule has 146 valence electrons. The third kappa shape index (κ3) is 6.12. The van der Waals surface area contributed by atoms with Crippen LogP contribution < -0.4 is 9.47 Å². The molecule has 3 aromatic carbocycles. The van der Waals surface area contributed by atoms with Gasteiger partial charge >= 0.3 is 0 Å². The van der Waals surface area contributed by atoms with Crippen molar-refractivity contribution in [3.8, 4) is 11.5 Å². The highest BCUT2D eigenvalue weighted by atomic mass is 16.5. The lowest BCUT2D eigenvalue weighted by Gasteiger charge is -2.09. The molecule has 0 saturated heterocycles. The Kier molecular flexibility index (Phi) is 7.47. The first kappa shape index (κ1) is 19.9. The second kappa shape index (κ2) is 10.5. The van der Waals surface area contributed by atoms with Gasteiger partial charge in [0.25, 0.3) is 0 Å². The molecule has 28 heavy (non-hydrogen) atoms. The van der Waals surface area contributed by atoms with E-state index in [1.54, 1.807) is 14.2 Å². The quantitative estimate of drug-likeness (QED) is 0.490. The fraction of sp³-hybridized carbons (Fsp3) is 0.250. The highest BCUT2D eigenvalue weighted by molar-refractivity contribution is 5.29. The van der Waals surface area contributed by atoms with E-state index < -0.39 is 0 Å². The number of rotatable bonds is 10. The molecule has 3 rings (SSSR count).